The number of aromatic nitrogens is 4. The lowest BCUT2D eigenvalue weighted by atomic mass is 9.89. The van der Waals surface area contributed by atoms with Crippen LogP contribution in [0.1, 0.15) is 34.9 Å². The summed E-state index contributed by atoms with van der Waals surface area (Å²) in [6, 6.07) is 3.64. The lowest BCUT2D eigenvalue weighted by Crippen LogP contribution is -2.51. The number of aliphatic hydroxyl groups is 1. The second-order valence-electron chi connectivity index (χ2n) is 6.61. The minimum absolute atomic E-state index is 0.101. The smallest absolute Gasteiger partial charge is 0.255 e. The Labute approximate surface area is 144 Å². The monoisotopic (exact) mass is 341 g/mol. The molecule has 0 radical (unpaired) electrons. The van der Waals surface area contributed by atoms with Gasteiger partial charge in [-0.25, -0.2) is 4.98 Å². The fourth-order valence-electron chi connectivity index (χ4n) is 3.35. The van der Waals surface area contributed by atoms with Gasteiger partial charge in [-0.2, -0.15) is 4.98 Å². The quantitative estimate of drug-likeness (QED) is 0.770. The van der Waals surface area contributed by atoms with Crippen LogP contribution in [0.4, 0.5) is 0 Å². The van der Waals surface area contributed by atoms with E-state index in [0.717, 1.165) is 11.9 Å². The van der Waals surface area contributed by atoms with Gasteiger partial charge in [0.25, 0.3) is 5.91 Å². The molecule has 1 unspecified atom stereocenters. The number of nitrogens with zero attached hydrogens (tertiary/aromatic N) is 5. The summed E-state index contributed by atoms with van der Waals surface area (Å²) in [4.78, 5) is 22.7. The first-order chi connectivity index (χ1) is 12.0. The van der Waals surface area contributed by atoms with Crippen LogP contribution in [0.25, 0.3) is 5.52 Å². The second kappa shape index (κ2) is 5.96. The molecule has 25 heavy (non-hydrogen) atoms. The Morgan fingerprint density at radius 1 is 1.44 bits per heavy atom. The van der Waals surface area contributed by atoms with Gasteiger partial charge in [0.15, 0.2) is 5.82 Å². The maximum atomic E-state index is 12.8. The largest absolute Gasteiger partial charge is 0.388 e. The summed E-state index contributed by atoms with van der Waals surface area (Å²) in [5.74, 6) is 0.834. The third-order valence-electron chi connectivity index (χ3n) is 4.55. The molecule has 3 aromatic heterocycles. The van der Waals surface area contributed by atoms with Gasteiger partial charge in [-0.15, -0.1) is 0 Å². The molecule has 4 rings (SSSR count). The number of imidazole rings is 1. The maximum Gasteiger partial charge on any atom is 0.255 e. The van der Waals surface area contributed by atoms with E-state index in [1.807, 2.05) is 10.5 Å². The molecule has 1 amide bonds. The lowest BCUT2D eigenvalue weighted by molar-refractivity contribution is -0.0286. The van der Waals surface area contributed by atoms with Gasteiger partial charge in [0, 0.05) is 12.7 Å². The Balaban J connectivity index is 1.52. The minimum atomic E-state index is -1.05. The van der Waals surface area contributed by atoms with Crippen LogP contribution in [0.2, 0.25) is 0 Å². The van der Waals surface area contributed by atoms with Gasteiger partial charge in [0.2, 0.25) is 5.89 Å². The highest BCUT2D eigenvalue weighted by molar-refractivity contribution is 5.94. The molecular weight excluding hydrogens is 322 g/mol. The number of piperidine rings is 1. The van der Waals surface area contributed by atoms with Gasteiger partial charge in [0.05, 0.1) is 42.2 Å². The van der Waals surface area contributed by atoms with Crippen molar-refractivity contribution in [3.8, 4) is 0 Å². The maximum absolute atomic E-state index is 12.8. The first-order valence-corrected chi connectivity index (χ1v) is 8.25. The van der Waals surface area contributed by atoms with E-state index in [4.69, 9.17) is 4.52 Å². The van der Waals surface area contributed by atoms with Crippen LogP contribution in [0.3, 0.4) is 0 Å². The van der Waals surface area contributed by atoms with E-state index >= 15 is 0 Å². The highest BCUT2D eigenvalue weighted by atomic mass is 16.5. The molecule has 3 aromatic rings. The molecule has 8 nitrogen and oxygen atoms in total. The number of rotatable bonds is 3. The van der Waals surface area contributed by atoms with Crippen LogP contribution in [0.5, 0.6) is 0 Å². The number of carbonyl (C=O) groups is 1. The molecule has 0 aromatic carbocycles. The van der Waals surface area contributed by atoms with Crippen molar-refractivity contribution < 1.29 is 14.4 Å². The Morgan fingerprint density at radius 2 is 2.32 bits per heavy atom. The standard InChI is InChI=1S/C17H19N5O3/c1-12-19-15(25-20-12)7-17(24)5-2-6-21(10-17)16(23)13-3-4-14-8-18-11-22(14)9-13/h3-4,8-9,11,24H,2,5-7,10H2,1H3. The molecule has 1 aliphatic rings. The predicted octanol–water partition coefficient (Wildman–Crippen LogP) is 1.24. The molecule has 0 saturated carbocycles. The number of carbonyl (C=O) groups excluding carboxylic acids is 1. The molecule has 1 fully saturated rings. The van der Waals surface area contributed by atoms with Gasteiger partial charge in [-0.1, -0.05) is 5.16 Å². The van der Waals surface area contributed by atoms with Crippen LogP contribution in [0.15, 0.2) is 35.4 Å². The topological polar surface area (TPSA) is 96.8 Å². The van der Waals surface area contributed by atoms with Crippen molar-refractivity contribution in [2.24, 2.45) is 0 Å². The normalized spacial score (nSPS) is 21.0. The minimum Gasteiger partial charge on any atom is -0.388 e. The number of hydrogen-bond acceptors (Lipinski definition) is 6. The Morgan fingerprint density at radius 3 is 3.12 bits per heavy atom. The highest BCUT2D eigenvalue weighted by Gasteiger charge is 2.37. The number of hydrogen-bond donors (Lipinski definition) is 1. The number of pyridine rings is 1. The molecule has 0 aliphatic carbocycles. The zero-order valence-electron chi connectivity index (χ0n) is 13.9. The van der Waals surface area contributed by atoms with E-state index in [2.05, 4.69) is 15.1 Å². The summed E-state index contributed by atoms with van der Waals surface area (Å²) >= 11 is 0. The molecule has 0 spiro atoms. The lowest BCUT2D eigenvalue weighted by Gasteiger charge is -2.38. The summed E-state index contributed by atoms with van der Waals surface area (Å²) in [5.41, 5.74) is 0.452. The van der Waals surface area contributed by atoms with E-state index in [-0.39, 0.29) is 18.9 Å². The van der Waals surface area contributed by atoms with Gasteiger partial charge in [0.1, 0.15) is 0 Å². The number of aryl methyl sites for hydroxylation is 1. The summed E-state index contributed by atoms with van der Waals surface area (Å²) in [5, 5.41) is 14.7. The Kier molecular flexibility index (Phi) is 3.76. The molecule has 1 atom stereocenters. The van der Waals surface area contributed by atoms with E-state index in [1.54, 1.807) is 36.6 Å². The average molecular weight is 341 g/mol. The van der Waals surface area contributed by atoms with Crippen LogP contribution >= 0.6 is 0 Å². The predicted molar refractivity (Wildman–Crippen MR) is 88.0 cm³/mol. The van der Waals surface area contributed by atoms with Crippen molar-refractivity contribution in [3.05, 3.63) is 48.1 Å². The zero-order chi connectivity index (χ0) is 17.4. The van der Waals surface area contributed by atoms with Crippen LogP contribution in [-0.2, 0) is 6.42 Å². The molecule has 4 heterocycles. The van der Waals surface area contributed by atoms with Gasteiger partial charge >= 0.3 is 0 Å². The van der Waals surface area contributed by atoms with Crippen molar-refractivity contribution in [3.63, 3.8) is 0 Å². The highest BCUT2D eigenvalue weighted by Crippen LogP contribution is 2.26. The summed E-state index contributed by atoms with van der Waals surface area (Å²) in [7, 11) is 0. The van der Waals surface area contributed by atoms with Crippen LogP contribution in [0, 0.1) is 6.92 Å². The zero-order valence-corrected chi connectivity index (χ0v) is 13.9. The van der Waals surface area contributed by atoms with Crippen molar-refractivity contribution in [2.75, 3.05) is 13.1 Å². The second-order valence-corrected chi connectivity index (χ2v) is 6.61. The van der Waals surface area contributed by atoms with E-state index < -0.39 is 5.60 Å². The van der Waals surface area contributed by atoms with E-state index in [1.165, 1.54) is 0 Å². The Hall–Kier alpha value is -2.74. The molecular formula is C17H19N5O3. The molecule has 8 heteroatoms. The number of amides is 1. The molecule has 1 aliphatic heterocycles. The third-order valence-corrected chi connectivity index (χ3v) is 4.55. The van der Waals surface area contributed by atoms with E-state index in [0.29, 0.717) is 30.2 Å². The summed E-state index contributed by atoms with van der Waals surface area (Å²) in [6.45, 7) is 2.60. The molecule has 0 bridgehead atoms. The van der Waals surface area contributed by atoms with Crippen molar-refractivity contribution >= 4 is 11.4 Å². The van der Waals surface area contributed by atoms with Crippen LogP contribution < -0.4 is 0 Å². The number of likely N-dealkylation sites (tertiary alicyclic amines) is 1. The van der Waals surface area contributed by atoms with Crippen molar-refractivity contribution in [1.29, 1.82) is 0 Å². The SMILES string of the molecule is Cc1noc(CC2(O)CCCN(C(=O)c3ccc4cncn4c3)C2)n1. The fraction of sp³-hybridized carbons (Fsp3) is 0.412. The first kappa shape index (κ1) is 15.8. The van der Waals surface area contributed by atoms with E-state index in [9.17, 15) is 9.90 Å². The van der Waals surface area contributed by atoms with Gasteiger partial charge in [-0.3, -0.25) is 4.79 Å². The molecule has 1 N–H and O–H groups in total. The number of fused-ring (bicyclic) bond motifs is 1. The van der Waals surface area contributed by atoms with Crippen molar-refractivity contribution in [1.82, 2.24) is 24.4 Å². The molecule has 130 valence electrons. The fourth-order valence-corrected chi connectivity index (χ4v) is 3.35. The van der Waals surface area contributed by atoms with Gasteiger partial charge in [-0.05, 0) is 31.9 Å². The van der Waals surface area contributed by atoms with Crippen LogP contribution in [-0.4, -0.2) is 54.1 Å². The summed E-state index contributed by atoms with van der Waals surface area (Å²) < 4.78 is 6.93. The first-order valence-electron chi connectivity index (χ1n) is 8.25. The number of β-amino-alcohol motifs (C(OH)–C–C–N with tert-alkyl or cyclic N) is 1. The third kappa shape index (κ3) is 3.12. The van der Waals surface area contributed by atoms with Gasteiger partial charge < -0.3 is 18.9 Å². The average Bonchev–Trinajstić information content (AvgIpc) is 3.21. The van der Waals surface area contributed by atoms with Crippen molar-refractivity contribution in [2.45, 2.75) is 31.8 Å². The molecule has 1 saturated heterocycles. The Bertz CT molecular complexity index is 918. The summed E-state index contributed by atoms with van der Waals surface area (Å²) in [6.07, 6.45) is 6.73.